The van der Waals surface area contributed by atoms with E-state index in [1.54, 1.807) is 0 Å². The predicted octanol–water partition coefficient (Wildman–Crippen LogP) is 9.94. The van der Waals surface area contributed by atoms with Gasteiger partial charge in [0.05, 0.1) is 6.10 Å². The molecule has 6 fully saturated rings. The number of nitrogens with one attached hydrogen (secondary N) is 3. The smallest absolute Gasteiger partial charge is 0.305 e. The molecule has 514 valence electrons. The van der Waals surface area contributed by atoms with E-state index in [-0.39, 0.29) is 53.4 Å². The first-order valence-corrected chi connectivity index (χ1v) is 34.4. The van der Waals surface area contributed by atoms with Gasteiger partial charge in [-0.05, 0) is 122 Å². The molecule has 0 aromatic rings. The van der Waals surface area contributed by atoms with Crippen LogP contribution in [0, 0.1) is 50.2 Å². The molecular weight excluding hydrogens is 1170 g/mol. The summed E-state index contributed by atoms with van der Waals surface area (Å²) in [5, 5.41) is 9.09. The molecule has 0 radical (unpaired) electrons. The molecule has 5 aliphatic carbocycles. The molecule has 4 saturated carbocycles. The van der Waals surface area contributed by atoms with Crippen molar-refractivity contribution in [1.29, 1.82) is 0 Å². The minimum atomic E-state index is -1.82. The van der Waals surface area contributed by atoms with E-state index < -0.39 is 131 Å². The van der Waals surface area contributed by atoms with Gasteiger partial charge in [-0.25, -0.2) is 0 Å². The van der Waals surface area contributed by atoms with Crippen molar-refractivity contribution in [3.05, 3.63) is 11.6 Å². The highest BCUT2D eigenvalue weighted by molar-refractivity contribution is 5.96. The normalized spacial score (nSPS) is 37.3. The average molecular weight is 1280 g/mol. The van der Waals surface area contributed by atoms with E-state index in [1.807, 2.05) is 13.0 Å². The first-order valence-electron chi connectivity index (χ1n) is 34.4. The number of unbranched alkanes of at least 4 members (excludes halogenated alkanes) is 9. The number of carbonyl (C=O) groups is 9. The third-order valence-corrected chi connectivity index (χ3v) is 22.6. The summed E-state index contributed by atoms with van der Waals surface area (Å²) in [5.74, 6) is -6.20. The molecule has 0 spiro atoms. The Bertz CT molecular complexity index is 2660. The molecule has 21 heteroatoms. The molecule has 2 aliphatic heterocycles. The first-order chi connectivity index (χ1) is 42.9. The van der Waals surface area contributed by atoms with Crippen LogP contribution in [-0.4, -0.2) is 141 Å². The Morgan fingerprint density at radius 1 is 0.505 bits per heavy atom. The van der Waals surface area contributed by atoms with Crippen LogP contribution in [0.25, 0.3) is 0 Å². The fraction of sp³-hybridized carbons (Fsp3) is 0.843. The highest BCUT2D eigenvalue weighted by Crippen LogP contribution is 2.75. The van der Waals surface area contributed by atoms with Crippen LogP contribution in [0.1, 0.15) is 239 Å². The van der Waals surface area contributed by atoms with Gasteiger partial charge >= 0.3 is 29.8 Å². The zero-order valence-electron chi connectivity index (χ0n) is 57.5. The van der Waals surface area contributed by atoms with Gasteiger partial charge in [-0.2, -0.15) is 0 Å². The monoisotopic (exact) mass is 1280 g/mol. The maximum Gasteiger partial charge on any atom is 0.305 e. The number of ether oxygens (including phenoxy) is 9. The Balaban J connectivity index is 1.29. The predicted molar refractivity (Wildman–Crippen MR) is 336 cm³/mol. The summed E-state index contributed by atoms with van der Waals surface area (Å²) >= 11 is 0. The van der Waals surface area contributed by atoms with Gasteiger partial charge in [-0.3, -0.25) is 43.2 Å². The number of rotatable bonds is 27. The molecule has 2 saturated heterocycles. The standard InChI is InChI=1S/C70H111N3O18/c1-16-19-22-25-36-71-60(80)55-51(83-41(4)74)53(84-42(5)75)58(89-52-54(85-43(6)76)57(86-44(7)77)62(87-45(8)78)90-56(52)61(81)72-37-26-23-20-17-2)63(91-55)88-50-29-30-68(13)49(65(50,9)10)28-31-70(15)59(68)48(79)39-46-47-40-67(12,64(82)73-38-27-24-21-18-3)33-32-66(47,11)34-35-69(46,70)14/h39,47,49-59,62-63H,16-38,40H2,1-15H3,(H,71,80)(H,72,81)(H,73,82). The Hall–Kier alpha value is -4.99. The van der Waals surface area contributed by atoms with Gasteiger partial charge in [0.15, 0.2) is 42.6 Å². The quantitative estimate of drug-likeness (QED) is 0.0299. The van der Waals surface area contributed by atoms with Gasteiger partial charge in [-0.15, -0.1) is 0 Å². The largest absolute Gasteiger partial charge is 0.455 e. The summed E-state index contributed by atoms with van der Waals surface area (Å²) < 4.78 is 56.7. The maximum atomic E-state index is 15.7. The molecule has 3 amide bonds. The molecular formula is C70H111N3O18. The number of allylic oxidation sites excluding steroid dienone is 2. The fourth-order valence-electron chi connectivity index (χ4n) is 17.6. The molecule has 2 heterocycles. The Morgan fingerprint density at radius 2 is 0.989 bits per heavy atom. The van der Waals surface area contributed by atoms with Crippen molar-refractivity contribution in [1.82, 2.24) is 16.0 Å². The summed E-state index contributed by atoms with van der Waals surface area (Å²) in [6, 6.07) is 0. The topological polar surface area (TPSA) is 273 Å². The molecule has 0 bridgehead atoms. The van der Waals surface area contributed by atoms with Crippen LogP contribution in [0.5, 0.6) is 0 Å². The molecule has 3 N–H and O–H groups in total. The van der Waals surface area contributed by atoms with Crippen LogP contribution in [-0.2, 0) is 85.8 Å². The second-order valence-electron chi connectivity index (χ2n) is 29.6. The number of ketones is 1. The van der Waals surface area contributed by atoms with E-state index in [2.05, 4.69) is 78.3 Å². The molecule has 21 nitrogen and oxygen atoms in total. The summed E-state index contributed by atoms with van der Waals surface area (Å²) in [4.78, 5) is 125. The Labute approximate surface area is 540 Å². The molecule has 7 rings (SSSR count). The molecule has 19 atom stereocenters. The van der Waals surface area contributed by atoms with Crippen molar-refractivity contribution >= 4 is 53.4 Å². The van der Waals surface area contributed by atoms with Crippen LogP contribution in [0.4, 0.5) is 0 Å². The summed E-state index contributed by atoms with van der Waals surface area (Å²) in [6.07, 6.45) is 1.13. The molecule has 0 aromatic heterocycles. The molecule has 0 aromatic carbocycles. The molecule has 19 unspecified atom stereocenters. The third kappa shape index (κ3) is 15.9. The lowest BCUT2D eigenvalue weighted by Crippen LogP contribution is -2.70. The Morgan fingerprint density at radius 3 is 1.53 bits per heavy atom. The number of amides is 3. The lowest BCUT2D eigenvalue weighted by Gasteiger charge is -2.70. The zero-order valence-corrected chi connectivity index (χ0v) is 57.5. The second kappa shape index (κ2) is 30.6. The van der Waals surface area contributed by atoms with Crippen LogP contribution in [0.3, 0.4) is 0 Å². The number of fused-ring (bicyclic) bond motifs is 7. The molecule has 91 heavy (non-hydrogen) atoms. The van der Waals surface area contributed by atoms with Crippen molar-refractivity contribution in [3.8, 4) is 0 Å². The minimum Gasteiger partial charge on any atom is -0.455 e. The number of esters is 5. The van der Waals surface area contributed by atoms with Crippen LogP contribution >= 0.6 is 0 Å². The van der Waals surface area contributed by atoms with Gasteiger partial charge < -0.3 is 58.6 Å². The van der Waals surface area contributed by atoms with Crippen molar-refractivity contribution in [2.24, 2.45) is 50.2 Å². The van der Waals surface area contributed by atoms with Crippen molar-refractivity contribution in [3.63, 3.8) is 0 Å². The fourth-order valence-corrected chi connectivity index (χ4v) is 17.6. The third-order valence-electron chi connectivity index (χ3n) is 22.6. The van der Waals surface area contributed by atoms with Gasteiger partial charge in [0.25, 0.3) is 11.8 Å². The lowest BCUT2D eigenvalue weighted by atomic mass is 9.33. The van der Waals surface area contributed by atoms with E-state index >= 15 is 4.79 Å². The number of hydrogen-bond donors (Lipinski definition) is 3. The van der Waals surface area contributed by atoms with Gasteiger partial charge in [0, 0.05) is 65.6 Å². The first kappa shape index (κ1) is 73.4. The Kier molecular flexibility index (Phi) is 24.7. The maximum absolute atomic E-state index is 15.7. The van der Waals surface area contributed by atoms with Crippen molar-refractivity contribution < 1.29 is 85.8 Å². The van der Waals surface area contributed by atoms with E-state index in [0.717, 1.165) is 137 Å². The van der Waals surface area contributed by atoms with Crippen LogP contribution in [0.2, 0.25) is 0 Å². The average Bonchev–Trinajstić information content (AvgIpc) is 0.675. The summed E-state index contributed by atoms with van der Waals surface area (Å²) in [6.45, 7) is 28.5. The van der Waals surface area contributed by atoms with E-state index in [1.165, 1.54) is 5.57 Å². The van der Waals surface area contributed by atoms with Gasteiger partial charge in [0.1, 0.15) is 12.2 Å². The summed E-state index contributed by atoms with van der Waals surface area (Å²) in [7, 11) is 0. The highest BCUT2D eigenvalue weighted by atomic mass is 16.8. The van der Waals surface area contributed by atoms with Crippen LogP contribution < -0.4 is 16.0 Å². The van der Waals surface area contributed by atoms with E-state index in [0.29, 0.717) is 38.6 Å². The van der Waals surface area contributed by atoms with Gasteiger partial charge in [0.2, 0.25) is 18.3 Å². The highest BCUT2D eigenvalue weighted by Gasteiger charge is 2.71. The van der Waals surface area contributed by atoms with E-state index in [4.69, 9.17) is 42.6 Å². The SMILES string of the molecule is CCCCCCNC(=O)C1OC(OC2CCC3(C)C(CCC4(C)C3C(=O)C=C3C5CC(C)(C(=O)NCCCCCC)CCC5(C)CCC34C)C2(C)C)C(OC2C(C(=O)NCCCCCC)OC(OC(C)=O)C(OC(C)=O)C2OC(C)=O)C(OC(C)=O)C1OC(C)=O. The van der Waals surface area contributed by atoms with Crippen LogP contribution in [0.15, 0.2) is 11.6 Å². The van der Waals surface area contributed by atoms with Crippen molar-refractivity contribution in [2.75, 3.05) is 19.6 Å². The lowest BCUT2D eigenvalue weighted by molar-refractivity contribution is -0.355. The second-order valence-corrected chi connectivity index (χ2v) is 29.6. The zero-order chi connectivity index (χ0) is 67.0. The van der Waals surface area contributed by atoms with Crippen molar-refractivity contribution in [2.45, 2.75) is 306 Å². The molecule has 7 aliphatic rings. The number of hydrogen-bond acceptors (Lipinski definition) is 18. The van der Waals surface area contributed by atoms with E-state index in [9.17, 15) is 38.4 Å². The number of carbonyl (C=O) groups excluding carboxylic acids is 9. The van der Waals surface area contributed by atoms with Gasteiger partial charge in [-0.1, -0.05) is 133 Å². The minimum absolute atomic E-state index is 0.0546. The summed E-state index contributed by atoms with van der Waals surface area (Å²) in [5.41, 5.74) is -1.52.